The summed E-state index contributed by atoms with van der Waals surface area (Å²) in [6.07, 6.45) is -3.43. The summed E-state index contributed by atoms with van der Waals surface area (Å²) in [6, 6.07) is 4.47. The molecule has 3 aromatic heterocycles. The number of carbonyl (C=O) groups is 1. The lowest BCUT2D eigenvalue weighted by molar-refractivity contribution is -0.141. The second-order valence-electron chi connectivity index (χ2n) is 7.37. The third-order valence-corrected chi connectivity index (χ3v) is 5.79. The highest BCUT2D eigenvalue weighted by molar-refractivity contribution is 7.16. The minimum absolute atomic E-state index is 0.0221. The number of carbonyl (C=O) groups excluding carboxylic acids is 1. The van der Waals surface area contributed by atoms with Gasteiger partial charge in [-0.2, -0.15) is 32.3 Å². The zero-order valence-corrected chi connectivity index (χ0v) is 17.4. The number of halogens is 5. The van der Waals surface area contributed by atoms with Gasteiger partial charge in [0.15, 0.2) is 5.76 Å². The Bertz CT molecular complexity index is 1240. The third-order valence-electron chi connectivity index (χ3n) is 4.73. The molecule has 1 aliphatic carbocycles. The van der Waals surface area contributed by atoms with E-state index in [0.717, 1.165) is 37.3 Å². The van der Waals surface area contributed by atoms with Crippen molar-refractivity contribution in [1.82, 2.24) is 20.3 Å². The van der Waals surface area contributed by atoms with Crippen molar-refractivity contribution in [3.05, 3.63) is 33.8 Å². The van der Waals surface area contributed by atoms with Crippen molar-refractivity contribution < 1.29 is 31.3 Å². The van der Waals surface area contributed by atoms with Crippen LogP contribution in [0, 0.1) is 11.3 Å². The van der Waals surface area contributed by atoms with Gasteiger partial charge in [0.05, 0.1) is 10.4 Å². The molecule has 0 aliphatic heterocycles. The second kappa shape index (κ2) is 7.40. The topological polar surface area (TPSA) is 96.7 Å². The molecule has 0 aromatic carbocycles. The van der Waals surface area contributed by atoms with Gasteiger partial charge in [0, 0.05) is 26.1 Å². The van der Waals surface area contributed by atoms with Crippen LogP contribution in [0.25, 0.3) is 22.0 Å². The molecule has 1 fully saturated rings. The molecule has 1 aliphatic rings. The number of amides is 1. The van der Waals surface area contributed by atoms with Crippen LogP contribution in [0.1, 0.15) is 46.3 Å². The summed E-state index contributed by atoms with van der Waals surface area (Å²) < 4.78 is 74.3. The number of aromatic nitrogens is 3. The summed E-state index contributed by atoms with van der Waals surface area (Å²) in [4.78, 5) is 12.7. The van der Waals surface area contributed by atoms with Crippen molar-refractivity contribution >= 4 is 17.2 Å². The Morgan fingerprint density at radius 2 is 2.00 bits per heavy atom. The number of aryl methyl sites for hydroxylation is 1. The second-order valence-corrected chi connectivity index (χ2v) is 8.42. The lowest BCUT2D eigenvalue weighted by atomic mass is 10.1. The van der Waals surface area contributed by atoms with Gasteiger partial charge in [0.2, 0.25) is 0 Å². The van der Waals surface area contributed by atoms with Crippen LogP contribution in [0.5, 0.6) is 0 Å². The van der Waals surface area contributed by atoms with Gasteiger partial charge in [-0.3, -0.25) is 9.48 Å². The van der Waals surface area contributed by atoms with Crippen LogP contribution in [0.4, 0.5) is 22.0 Å². The maximum atomic E-state index is 13.8. The number of rotatable bonds is 5. The number of nitriles is 1. The first kappa shape index (κ1) is 21.9. The van der Waals surface area contributed by atoms with E-state index in [0.29, 0.717) is 11.6 Å². The van der Waals surface area contributed by atoms with E-state index < -0.39 is 35.0 Å². The molecule has 0 unspecified atom stereocenters. The Morgan fingerprint density at radius 1 is 1.31 bits per heavy atom. The van der Waals surface area contributed by atoms with E-state index in [2.05, 4.69) is 15.6 Å². The fraction of sp³-hybridized carbons (Fsp3) is 0.368. The van der Waals surface area contributed by atoms with E-state index >= 15 is 0 Å². The van der Waals surface area contributed by atoms with Crippen LogP contribution in [0.15, 0.2) is 16.7 Å². The molecular formula is C19H14F5N5O2S. The average Bonchev–Trinajstić information content (AvgIpc) is 3.09. The number of thiophene rings is 1. The number of hydrogen-bond donors (Lipinski definition) is 1. The van der Waals surface area contributed by atoms with Crippen molar-refractivity contribution in [2.24, 2.45) is 7.05 Å². The minimum atomic E-state index is -5.12. The quantitative estimate of drug-likeness (QED) is 0.545. The number of nitrogens with zero attached hydrogens (tertiary/aromatic N) is 4. The summed E-state index contributed by atoms with van der Waals surface area (Å²) in [5.74, 6) is -4.30. The average molecular weight is 471 g/mol. The van der Waals surface area contributed by atoms with E-state index in [1.54, 1.807) is 0 Å². The van der Waals surface area contributed by atoms with Crippen LogP contribution >= 0.6 is 11.3 Å². The molecule has 0 atom stereocenters. The van der Waals surface area contributed by atoms with E-state index in [-0.39, 0.29) is 32.8 Å². The van der Waals surface area contributed by atoms with Gasteiger partial charge < -0.3 is 9.84 Å². The Labute approximate surface area is 181 Å². The molecule has 3 aromatic rings. The van der Waals surface area contributed by atoms with E-state index in [1.807, 2.05) is 6.07 Å². The fourth-order valence-corrected chi connectivity index (χ4v) is 4.05. The largest absolute Gasteiger partial charge is 0.420 e. The highest BCUT2D eigenvalue weighted by Crippen LogP contribution is 2.44. The van der Waals surface area contributed by atoms with Gasteiger partial charge in [0.25, 0.3) is 11.8 Å². The van der Waals surface area contributed by atoms with Gasteiger partial charge in [-0.15, -0.1) is 11.3 Å². The van der Waals surface area contributed by atoms with Gasteiger partial charge >= 0.3 is 6.18 Å². The molecule has 1 saturated carbocycles. The summed E-state index contributed by atoms with van der Waals surface area (Å²) in [5.41, 5.74) is -3.97. The number of nitrogens with one attached hydrogen (secondary N) is 1. The van der Waals surface area contributed by atoms with Crippen LogP contribution in [0.2, 0.25) is 0 Å². The molecule has 0 bridgehead atoms. The van der Waals surface area contributed by atoms with E-state index in [1.165, 1.54) is 6.07 Å². The smallest absolute Gasteiger partial charge is 0.355 e. The maximum Gasteiger partial charge on any atom is 0.420 e. The monoisotopic (exact) mass is 471 g/mol. The Hall–Kier alpha value is -3.27. The zero-order chi connectivity index (χ0) is 23.4. The van der Waals surface area contributed by atoms with Crippen molar-refractivity contribution in [3.8, 4) is 28.1 Å². The molecule has 0 radical (unpaired) electrons. The zero-order valence-electron chi connectivity index (χ0n) is 16.5. The Balaban J connectivity index is 1.76. The standard InChI is InChI=1S/C19H14F5N5O2S/c1-18(20,21)16-14(19(22,23)24)15(29(2)27-16)10-6-11(31-28-10)12-5-9(13(7-25)32-12)17(30)26-8-3-4-8/h5-6,8H,3-4H2,1-2H3,(H,26,30). The molecule has 13 heteroatoms. The first-order valence-electron chi connectivity index (χ1n) is 9.25. The molecule has 168 valence electrons. The van der Waals surface area contributed by atoms with Gasteiger partial charge in [-0.05, 0) is 18.9 Å². The van der Waals surface area contributed by atoms with Crippen molar-refractivity contribution in [3.63, 3.8) is 0 Å². The fourth-order valence-electron chi connectivity index (χ4n) is 3.15. The molecule has 7 nitrogen and oxygen atoms in total. The van der Waals surface area contributed by atoms with Gasteiger partial charge in [0.1, 0.15) is 33.6 Å². The summed E-state index contributed by atoms with van der Waals surface area (Å²) in [7, 11) is 1.09. The lowest BCUT2D eigenvalue weighted by Crippen LogP contribution is -2.25. The van der Waals surface area contributed by atoms with Crippen LogP contribution in [0.3, 0.4) is 0 Å². The number of alkyl halides is 5. The van der Waals surface area contributed by atoms with Crippen molar-refractivity contribution in [1.29, 1.82) is 5.26 Å². The minimum Gasteiger partial charge on any atom is -0.355 e. The molecule has 4 rings (SSSR count). The van der Waals surface area contributed by atoms with Crippen LogP contribution in [-0.2, 0) is 19.1 Å². The molecule has 1 N–H and O–H groups in total. The first-order chi connectivity index (χ1) is 14.9. The molecule has 3 heterocycles. The highest BCUT2D eigenvalue weighted by atomic mass is 32.1. The maximum absolute atomic E-state index is 13.8. The van der Waals surface area contributed by atoms with Gasteiger partial charge in [-0.25, -0.2) is 0 Å². The summed E-state index contributed by atoms with van der Waals surface area (Å²) in [6.45, 7) is 0.325. The summed E-state index contributed by atoms with van der Waals surface area (Å²) in [5, 5.41) is 19.1. The predicted molar refractivity (Wildman–Crippen MR) is 102 cm³/mol. The molecule has 1 amide bonds. The molecule has 0 saturated heterocycles. The predicted octanol–water partition coefficient (Wildman–Crippen LogP) is 4.70. The Morgan fingerprint density at radius 3 is 2.56 bits per heavy atom. The summed E-state index contributed by atoms with van der Waals surface area (Å²) >= 11 is 0.900. The van der Waals surface area contributed by atoms with Crippen LogP contribution in [-0.4, -0.2) is 26.9 Å². The molecule has 32 heavy (non-hydrogen) atoms. The van der Waals surface area contributed by atoms with Gasteiger partial charge in [-0.1, -0.05) is 5.16 Å². The highest BCUT2D eigenvalue weighted by Gasteiger charge is 2.47. The van der Waals surface area contributed by atoms with Crippen molar-refractivity contribution in [2.75, 3.05) is 0 Å². The SMILES string of the molecule is Cn1nc(C(C)(F)F)c(C(F)(F)F)c1-c1cc(-c2cc(C(=O)NC3CC3)c(C#N)s2)on1. The lowest BCUT2D eigenvalue weighted by Gasteiger charge is -2.12. The molecule has 0 spiro atoms. The normalized spacial score (nSPS) is 14.4. The first-order valence-corrected chi connectivity index (χ1v) is 10.1. The van der Waals surface area contributed by atoms with Crippen molar-refractivity contribution in [2.45, 2.75) is 37.9 Å². The van der Waals surface area contributed by atoms with E-state index in [9.17, 15) is 32.0 Å². The number of hydrogen-bond acceptors (Lipinski definition) is 6. The van der Waals surface area contributed by atoms with Crippen LogP contribution < -0.4 is 5.32 Å². The molecular weight excluding hydrogens is 457 g/mol. The van der Waals surface area contributed by atoms with E-state index in [4.69, 9.17) is 4.52 Å². The Kier molecular flexibility index (Phi) is 5.08. The third kappa shape index (κ3) is 3.97.